The van der Waals surface area contributed by atoms with Crippen molar-refractivity contribution in [1.29, 1.82) is 0 Å². The standard InChI is InChI=1S/C12H15N5O2/c1-15-5-7-16(8-6-15)17-10-4-2-3-9(12(18)19)11(10)13-14-17/h2-4H,5-8H2,1H3,(H,18,19). The Bertz CT molecular complexity index is 616. The minimum absolute atomic E-state index is 0.192. The van der Waals surface area contributed by atoms with Crippen LogP contribution in [-0.4, -0.2) is 64.3 Å². The number of piperazine rings is 1. The number of carbonyl (C=O) groups is 1. The summed E-state index contributed by atoms with van der Waals surface area (Å²) < 4.78 is 0. The normalized spacial score (nSPS) is 17.0. The van der Waals surface area contributed by atoms with E-state index in [4.69, 9.17) is 5.11 Å². The van der Waals surface area contributed by atoms with Crippen LogP contribution in [0.15, 0.2) is 18.2 Å². The minimum atomic E-state index is -0.976. The second-order valence-electron chi connectivity index (χ2n) is 4.71. The number of benzene rings is 1. The van der Waals surface area contributed by atoms with Gasteiger partial charge in [0.1, 0.15) is 11.0 Å². The van der Waals surface area contributed by atoms with E-state index in [1.165, 1.54) is 0 Å². The summed E-state index contributed by atoms with van der Waals surface area (Å²) in [4.78, 5) is 15.1. The van der Waals surface area contributed by atoms with Crippen molar-refractivity contribution >= 4 is 17.0 Å². The zero-order valence-corrected chi connectivity index (χ0v) is 10.7. The first kappa shape index (κ1) is 11.9. The Morgan fingerprint density at radius 2 is 2.00 bits per heavy atom. The SMILES string of the molecule is CN1CCN(n2nnc3c(C(=O)O)cccc32)CC1. The van der Waals surface area contributed by atoms with Gasteiger partial charge in [0.2, 0.25) is 0 Å². The molecule has 0 aliphatic carbocycles. The van der Waals surface area contributed by atoms with Gasteiger partial charge in [0.05, 0.1) is 5.56 Å². The number of aromatic carboxylic acids is 1. The van der Waals surface area contributed by atoms with Crippen molar-refractivity contribution in [3.05, 3.63) is 23.8 Å². The first-order valence-electron chi connectivity index (χ1n) is 6.18. The number of rotatable bonds is 2. The molecule has 7 nitrogen and oxygen atoms in total. The minimum Gasteiger partial charge on any atom is -0.478 e. The summed E-state index contributed by atoms with van der Waals surface area (Å²) in [5.41, 5.74) is 1.37. The van der Waals surface area contributed by atoms with E-state index in [2.05, 4.69) is 27.3 Å². The highest BCUT2D eigenvalue weighted by Crippen LogP contribution is 2.16. The van der Waals surface area contributed by atoms with E-state index in [0.717, 1.165) is 31.7 Å². The number of fused-ring (bicyclic) bond motifs is 1. The molecule has 1 aliphatic rings. The summed E-state index contributed by atoms with van der Waals surface area (Å²) >= 11 is 0. The maximum atomic E-state index is 11.1. The van der Waals surface area contributed by atoms with Crippen LogP contribution in [0.25, 0.3) is 11.0 Å². The Labute approximate surface area is 110 Å². The van der Waals surface area contributed by atoms with Gasteiger partial charge < -0.3 is 10.0 Å². The summed E-state index contributed by atoms with van der Waals surface area (Å²) in [6.45, 7) is 3.62. The highest BCUT2D eigenvalue weighted by atomic mass is 16.4. The molecule has 1 aromatic carbocycles. The molecule has 0 bridgehead atoms. The molecule has 1 aromatic heterocycles. The fourth-order valence-electron chi connectivity index (χ4n) is 2.30. The largest absolute Gasteiger partial charge is 0.478 e. The van der Waals surface area contributed by atoms with Crippen LogP contribution in [0.1, 0.15) is 10.4 Å². The monoisotopic (exact) mass is 261 g/mol. The van der Waals surface area contributed by atoms with Crippen LogP contribution in [0.4, 0.5) is 0 Å². The Morgan fingerprint density at radius 3 is 2.68 bits per heavy atom. The average Bonchev–Trinajstić information content (AvgIpc) is 2.83. The van der Waals surface area contributed by atoms with Crippen LogP contribution in [0.2, 0.25) is 0 Å². The van der Waals surface area contributed by atoms with Crippen LogP contribution >= 0.6 is 0 Å². The van der Waals surface area contributed by atoms with E-state index in [0.29, 0.717) is 5.52 Å². The quantitative estimate of drug-likeness (QED) is 0.821. The number of hydrogen-bond donors (Lipinski definition) is 1. The third-order valence-corrected chi connectivity index (χ3v) is 3.44. The Kier molecular flexibility index (Phi) is 2.83. The number of carboxylic acid groups (broad SMARTS) is 1. The highest BCUT2D eigenvalue weighted by Gasteiger charge is 2.19. The van der Waals surface area contributed by atoms with E-state index in [9.17, 15) is 4.79 Å². The molecule has 0 unspecified atom stereocenters. The first-order valence-corrected chi connectivity index (χ1v) is 6.18. The smallest absolute Gasteiger partial charge is 0.338 e. The maximum Gasteiger partial charge on any atom is 0.338 e. The Hall–Kier alpha value is -2.15. The summed E-state index contributed by atoms with van der Waals surface area (Å²) in [6, 6.07) is 5.12. The predicted molar refractivity (Wildman–Crippen MR) is 69.9 cm³/mol. The molecule has 100 valence electrons. The number of aromatic nitrogens is 3. The number of nitrogens with zero attached hydrogens (tertiary/aromatic N) is 5. The molecule has 0 atom stereocenters. The fraction of sp³-hybridized carbons (Fsp3) is 0.417. The molecule has 1 N–H and O–H groups in total. The summed E-state index contributed by atoms with van der Waals surface area (Å²) in [7, 11) is 2.08. The molecule has 0 radical (unpaired) electrons. The number of hydrogen-bond acceptors (Lipinski definition) is 5. The van der Waals surface area contributed by atoms with E-state index < -0.39 is 5.97 Å². The zero-order chi connectivity index (χ0) is 13.4. The maximum absolute atomic E-state index is 11.1. The van der Waals surface area contributed by atoms with Crippen molar-refractivity contribution in [1.82, 2.24) is 20.0 Å². The van der Waals surface area contributed by atoms with Gasteiger partial charge in [-0.25, -0.2) is 4.79 Å². The topological polar surface area (TPSA) is 74.5 Å². The third-order valence-electron chi connectivity index (χ3n) is 3.44. The first-order chi connectivity index (χ1) is 9.16. The molecule has 0 saturated carbocycles. The van der Waals surface area contributed by atoms with Crippen LogP contribution in [0.3, 0.4) is 0 Å². The molecule has 0 amide bonds. The summed E-state index contributed by atoms with van der Waals surface area (Å²) in [5, 5.41) is 19.3. The van der Waals surface area contributed by atoms with E-state index in [1.54, 1.807) is 16.9 Å². The van der Waals surface area contributed by atoms with Crippen molar-refractivity contribution in [2.75, 3.05) is 38.2 Å². The molecule has 1 aliphatic heterocycles. The molecule has 0 spiro atoms. The second kappa shape index (κ2) is 4.51. The van der Waals surface area contributed by atoms with Crippen LogP contribution in [-0.2, 0) is 0 Å². The van der Waals surface area contributed by atoms with Gasteiger partial charge in [0.25, 0.3) is 0 Å². The highest BCUT2D eigenvalue weighted by molar-refractivity contribution is 6.00. The van der Waals surface area contributed by atoms with Crippen molar-refractivity contribution in [2.24, 2.45) is 0 Å². The Morgan fingerprint density at radius 1 is 1.26 bits per heavy atom. The van der Waals surface area contributed by atoms with E-state index >= 15 is 0 Å². The lowest BCUT2D eigenvalue weighted by atomic mass is 10.2. The summed E-state index contributed by atoms with van der Waals surface area (Å²) in [5.74, 6) is -0.976. The predicted octanol–water partition coefficient (Wildman–Crippen LogP) is 0.0129. The van der Waals surface area contributed by atoms with Crippen molar-refractivity contribution < 1.29 is 9.90 Å². The average molecular weight is 261 g/mol. The molecule has 2 heterocycles. The molecule has 1 saturated heterocycles. The van der Waals surface area contributed by atoms with Gasteiger partial charge in [-0.2, -0.15) is 4.79 Å². The Balaban J connectivity index is 2.01. The molecule has 19 heavy (non-hydrogen) atoms. The third kappa shape index (κ3) is 2.01. The van der Waals surface area contributed by atoms with Gasteiger partial charge in [0, 0.05) is 26.2 Å². The lowest BCUT2D eigenvalue weighted by Gasteiger charge is -2.33. The van der Waals surface area contributed by atoms with E-state index in [1.807, 2.05) is 6.07 Å². The number of likely N-dealkylation sites (N-methyl/N-ethyl adjacent to an activating group) is 1. The van der Waals surface area contributed by atoms with Gasteiger partial charge in [-0.15, -0.1) is 5.10 Å². The molecular formula is C12H15N5O2. The van der Waals surface area contributed by atoms with Gasteiger partial charge in [0.15, 0.2) is 0 Å². The molecule has 7 heteroatoms. The molecule has 3 rings (SSSR count). The van der Waals surface area contributed by atoms with Crippen LogP contribution in [0, 0.1) is 0 Å². The number of carboxylic acids is 1. The lowest BCUT2D eigenvalue weighted by molar-refractivity contribution is 0.0699. The fourth-order valence-corrected chi connectivity index (χ4v) is 2.30. The van der Waals surface area contributed by atoms with Crippen molar-refractivity contribution in [2.45, 2.75) is 0 Å². The van der Waals surface area contributed by atoms with Crippen LogP contribution in [0.5, 0.6) is 0 Å². The zero-order valence-electron chi connectivity index (χ0n) is 10.7. The molecule has 1 fully saturated rings. The van der Waals surface area contributed by atoms with Gasteiger partial charge >= 0.3 is 5.97 Å². The second-order valence-corrected chi connectivity index (χ2v) is 4.71. The van der Waals surface area contributed by atoms with Gasteiger partial charge in [-0.05, 0) is 24.4 Å². The van der Waals surface area contributed by atoms with Gasteiger partial charge in [-0.1, -0.05) is 6.07 Å². The van der Waals surface area contributed by atoms with Crippen molar-refractivity contribution in [3.63, 3.8) is 0 Å². The lowest BCUT2D eigenvalue weighted by Crippen LogP contribution is -2.50. The molecular weight excluding hydrogens is 246 g/mol. The van der Waals surface area contributed by atoms with Gasteiger partial charge in [-0.3, -0.25) is 5.01 Å². The van der Waals surface area contributed by atoms with E-state index in [-0.39, 0.29) is 5.56 Å². The summed E-state index contributed by atoms with van der Waals surface area (Å²) in [6.07, 6.45) is 0. The van der Waals surface area contributed by atoms with Crippen molar-refractivity contribution in [3.8, 4) is 0 Å². The van der Waals surface area contributed by atoms with Crippen LogP contribution < -0.4 is 5.01 Å². The molecule has 2 aromatic rings.